The van der Waals surface area contributed by atoms with E-state index in [2.05, 4.69) is 26.2 Å². The smallest absolute Gasteiger partial charge is 0.238 e. The quantitative estimate of drug-likeness (QED) is 0.851. The minimum absolute atomic E-state index is 0.0576. The van der Waals surface area contributed by atoms with Crippen molar-refractivity contribution in [2.75, 3.05) is 5.32 Å². The van der Waals surface area contributed by atoms with Crippen LogP contribution in [0.25, 0.3) is 0 Å². The Balaban J connectivity index is 2.14. The van der Waals surface area contributed by atoms with Gasteiger partial charge < -0.3 is 5.32 Å². The number of rotatable bonds is 4. The summed E-state index contributed by atoms with van der Waals surface area (Å²) in [6.45, 7) is 0.505. The van der Waals surface area contributed by atoms with Crippen LogP contribution in [0.5, 0.6) is 0 Å². The summed E-state index contributed by atoms with van der Waals surface area (Å²) in [5.74, 6) is 0. The van der Waals surface area contributed by atoms with Crippen molar-refractivity contribution in [1.82, 2.24) is 4.98 Å². The van der Waals surface area contributed by atoms with E-state index >= 15 is 0 Å². The number of thiazole rings is 1. The van der Waals surface area contributed by atoms with E-state index in [0.717, 1.165) is 10.7 Å². The number of anilines is 1. The van der Waals surface area contributed by atoms with E-state index in [1.54, 1.807) is 12.3 Å². The SMILES string of the molecule is NS(=O)(=O)c1ccc(NCc2ncc(Cl)s2)c(Br)c1. The molecule has 1 heterocycles. The van der Waals surface area contributed by atoms with Gasteiger partial charge >= 0.3 is 0 Å². The molecule has 0 amide bonds. The molecule has 0 aliphatic heterocycles. The van der Waals surface area contributed by atoms with Crippen molar-refractivity contribution < 1.29 is 8.42 Å². The van der Waals surface area contributed by atoms with Crippen molar-refractivity contribution in [3.63, 3.8) is 0 Å². The Kier molecular flexibility index (Phi) is 4.46. The van der Waals surface area contributed by atoms with Gasteiger partial charge in [-0.2, -0.15) is 0 Å². The van der Waals surface area contributed by atoms with E-state index in [1.165, 1.54) is 23.5 Å². The van der Waals surface area contributed by atoms with Gasteiger partial charge in [0.25, 0.3) is 0 Å². The molecule has 5 nitrogen and oxygen atoms in total. The summed E-state index contributed by atoms with van der Waals surface area (Å²) in [4.78, 5) is 4.17. The van der Waals surface area contributed by atoms with Crippen molar-refractivity contribution in [2.24, 2.45) is 5.14 Å². The van der Waals surface area contributed by atoms with Crippen molar-refractivity contribution in [1.29, 1.82) is 0 Å². The summed E-state index contributed by atoms with van der Waals surface area (Å²) >= 11 is 10.5. The Morgan fingerprint density at radius 2 is 2.21 bits per heavy atom. The lowest BCUT2D eigenvalue weighted by atomic mass is 10.3. The molecule has 0 radical (unpaired) electrons. The van der Waals surface area contributed by atoms with Crippen LogP contribution in [0.1, 0.15) is 5.01 Å². The van der Waals surface area contributed by atoms with Crippen LogP contribution in [0.4, 0.5) is 5.69 Å². The second kappa shape index (κ2) is 5.76. The molecule has 0 spiro atoms. The molecule has 0 saturated heterocycles. The number of halogens is 2. The number of sulfonamides is 1. The van der Waals surface area contributed by atoms with Gasteiger partial charge in [0.2, 0.25) is 10.0 Å². The molecule has 1 aromatic carbocycles. The predicted molar refractivity (Wildman–Crippen MR) is 80.0 cm³/mol. The van der Waals surface area contributed by atoms with E-state index < -0.39 is 10.0 Å². The van der Waals surface area contributed by atoms with Gasteiger partial charge in [-0.05, 0) is 34.1 Å². The average Bonchev–Trinajstić information content (AvgIpc) is 2.72. The molecule has 19 heavy (non-hydrogen) atoms. The third-order valence-corrected chi connectivity index (χ3v) is 4.91. The monoisotopic (exact) mass is 381 g/mol. The lowest BCUT2D eigenvalue weighted by molar-refractivity contribution is 0.598. The average molecular weight is 383 g/mol. The molecule has 0 aliphatic carbocycles. The normalized spacial score (nSPS) is 11.5. The number of primary sulfonamides is 1. The predicted octanol–water partition coefficient (Wildman–Crippen LogP) is 2.82. The first-order valence-electron chi connectivity index (χ1n) is 5.02. The molecule has 0 saturated carbocycles. The second-order valence-electron chi connectivity index (χ2n) is 3.60. The molecule has 102 valence electrons. The number of hydrogen-bond donors (Lipinski definition) is 2. The highest BCUT2D eigenvalue weighted by Gasteiger charge is 2.10. The Morgan fingerprint density at radius 1 is 1.47 bits per heavy atom. The molecular formula is C10H9BrClN3O2S2. The molecule has 0 bridgehead atoms. The number of benzene rings is 1. The minimum Gasteiger partial charge on any atom is -0.378 e. The molecule has 2 rings (SSSR count). The van der Waals surface area contributed by atoms with Crippen LogP contribution in [0, 0.1) is 0 Å². The van der Waals surface area contributed by atoms with Gasteiger partial charge in [0.05, 0.1) is 17.6 Å². The van der Waals surface area contributed by atoms with Gasteiger partial charge in [-0.3, -0.25) is 0 Å². The van der Waals surface area contributed by atoms with Gasteiger partial charge in [0, 0.05) is 10.2 Å². The van der Waals surface area contributed by atoms with Gasteiger partial charge in [0.15, 0.2) is 0 Å². The number of nitrogens with two attached hydrogens (primary N) is 1. The molecule has 0 atom stereocenters. The molecule has 2 aromatic rings. The molecule has 1 aromatic heterocycles. The summed E-state index contributed by atoms with van der Waals surface area (Å²) in [7, 11) is -3.69. The van der Waals surface area contributed by atoms with Crippen molar-refractivity contribution in [3.05, 3.63) is 38.2 Å². The molecule has 3 N–H and O–H groups in total. The third-order valence-electron chi connectivity index (χ3n) is 2.22. The topological polar surface area (TPSA) is 85.1 Å². The fourth-order valence-corrected chi connectivity index (χ4v) is 3.46. The number of nitrogens with zero attached hydrogens (tertiary/aromatic N) is 1. The maximum absolute atomic E-state index is 11.2. The van der Waals surface area contributed by atoms with Crippen molar-refractivity contribution in [3.8, 4) is 0 Å². The van der Waals surface area contributed by atoms with E-state index in [9.17, 15) is 8.42 Å². The Bertz CT molecular complexity index is 703. The summed E-state index contributed by atoms with van der Waals surface area (Å²) in [5.41, 5.74) is 0.749. The zero-order chi connectivity index (χ0) is 14.0. The van der Waals surface area contributed by atoms with E-state index in [1.807, 2.05) is 0 Å². The van der Waals surface area contributed by atoms with E-state index in [0.29, 0.717) is 15.4 Å². The third kappa shape index (κ3) is 3.90. The standard InChI is InChI=1S/C10H9BrClN3O2S2/c11-7-3-6(19(13,16)17)1-2-8(7)14-5-10-15-4-9(12)18-10/h1-4,14H,5H2,(H2,13,16,17). The van der Waals surface area contributed by atoms with Crippen LogP contribution in [0.15, 0.2) is 33.8 Å². The molecule has 0 fully saturated rings. The van der Waals surface area contributed by atoms with E-state index in [-0.39, 0.29) is 4.90 Å². The lowest BCUT2D eigenvalue weighted by Crippen LogP contribution is -2.12. The largest absolute Gasteiger partial charge is 0.378 e. The fourth-order valence-electron chi connectivity index (χ4n) is 1.36. The summed E-state index contributed by atoms with van der Waals surface area (Å²) in [6.07, 6.45) is 1.59. The van der Waals surface area contributed by atoms with Gasteiger partial charge in [0.1, 0.15) is 9.34 Å². The summed E-state index contributed by atoms with van der Waals surface area (Å²) < 4.78 is 23.6. The first-order chi connectivity index (χ1) is 8.86. The number of nitrogens with one attached hydrogen (secondary N) is 1. The molecule has 0 unspecified atom stereocenters. The summed E-state index contributed by atoms with van der Waals surface area (Å²) in [6, 6.07) is 4.53. The summed E-state index contributed by atoms with van der Waals surface area (Å²) in [5, 5.41) is 9.02. The molecular weight excluding hydrogens is 374 g/mol. The van der Waals surface area contributed by atoms with Crippen LogP contribution < -0.4 is 10.5 Å². The lowest BCUT2D eigenvalue weighted by Gasteiger charge is -2.08. The molecule has 9 heteroatoms. The molecule has 0 aliphatic rings. The minimum atomic E-state index is -3.69. The van der Waals surface area contributed by atoms with Crippen LogP contribution in [0.3, 0.4) is 0 Å². The Hall–Kier alpha value is -0.670. The maximum Gasteiger partial charge on any atom is 0.238 e. The fraction of sp³-hybridized carbons (Fsp3) is 0.100. The second-order valence-corrected chi connectivity index (χ2v) is 7.76. The first-order valence-corrected chi connectivity index (χ1v) is 8.56. The van der Waals surface area contributed by atoms with E-state index in [4.69, 9.17) is 16.7 Å². The highest BCUT2D eigenvalue weighted by atomic mass is 79.9. The van der Waals surface area contributed by atoms with Crippen molar-refractivity contribution >= 4 is 54.6 Å². The van der Waals surface area contributed by atoms with Crippen LogP contribution >= 0.6 is 38.9 Å². The highest BCUT2D eigenvalue weighted by molar-refractivity contribution is 9.10. The Labute approximate surface area is 128 Å². The van der Waals surface area contributed by atoms with Crippen LogP contribution in [0.2, 0.25) is 4.34 Å². The number of hydrogen-bond acceptors (Lipinski definition) is 5. The van der Waals surface area contributed by atoms with Gasteiger partial charge in [-0.1, -0.05) is 11.6 Å². The maximum atomic E-state index is 11.2. The van der Waals surface area contributed by atoms with Crippen molar-refractivity contribution in [2.45, 2.75) is 11.4 Å². The highest BCUT2D eigenvalue weighted by Crippen LogP contribution is 2.26. The van der Waals surface area contributed by atoms with Crippen LogP contribution in [-0.4, -0.2) is 13.4 Å². The van der Waals surface area contributed by atoms with Crippen LogP contribution in [-0.2, 0) is 16.6 Å². The zero-order valence-corrected chi connectivity index (χ0v) is 13.4. The number of aromatic nitrogens is 1. The zero-order valence-electron chi connectivity index (χ0n) is 9.43. The Morgan fingerprint density at radius 3 is 2.74 bits per heavy atom. The van der Waals surface area contributed by atoms with Gasteiger partial charge in [-0.25, -0.2) is 18.5 Å². The van der Waals surface area contributed by atoms with Gasteiger partial charge in [-0.15, -0.1) is 11.3 Å². The first kappa shape index (κ1) is 14.7.